The van der Waals surface area contributed by atoms with E-state index in [1.54, 1.807) is 0 Å². The predicted octanol–water partition coefficient (Wildman–Crippen LogP) is 2.85. The Hall–Kier alpha value is -0.550. The molecule has 4 saturated carbocycles. The van der Waals surface area contributed by atoms with Crippen molar-refractivity contribution in [2.45, 2.75) is 68.4 Å². The summed E-state index contributed by atoms with van der Waals surface area (Å²) >= 11 is 3.58. The highest BCUT2D eigenvalue weighted by Gasteiger charge is 2.78. The van der Waals surface area contributed by atoms with E-state index in [1.165, 1.54) is 0 Å². The molecule has 130 valence electrons. The summed E-state index contributed by atoms with van der Waals surface area (Å²) in [5, 5.41) is 0. The molecule has 0 aromatic rings. The lowest BCUT2D eigenvalue weighted by atomic mass is 9.45. The minimum absolute atomic E-state index is 0.0350. The summed E-state index contributed by atoms with van der Waals surface area (Å²) in [4.78, 5) is 37.1. The van der Waals surface area contributed by atoms with Gasteiger partial charge in [0.1, 0.15) is 18.0 Å². The van der Waals surface area contributed by atoms with Crippen LogP contribution in [0.5, 0.6) is 0 Å². The molecule has 5 aliphatic rings. The van der Waals surface area contributed by atoms with Crippen molar-refractivity contribution in [1.29, 1.82) is 0 Å². The molecule has 0 amide bonds. The van der Waals surface area contributed by atoms with E-state index in [-0.39, 0.29) is 28.0 Å². The van der Waals surface area contributed by atoms with E-state index in [1.807, 2.05) is 0 Å². The molecule has 1 heterocycles. The van der Waals surface area contributed by atoms with Crippen molar-refractivity contribution in [3.05, 3.63) is 0 Å². The molecule has 0 radical (unpaired) electrons. The van der Waals surface area contributed by atoms with Crippen LogP contribution in [0.2, 0.25) is 0 Å². The normalized spacial score (nSPS) is 58.3. The van der Waals surface area contributed by atoms with Gasteiger partial charge in [-0.15, -0.1) is 0 Å². The average Bonchev–Trinajstić information content (AvgIpc) is 3.27. The fourth-order valence-electron chi connectivity index (χ4n) is 7.16. The first-order valence-electron chi connectivity index (χ1n) is 9.25. The Bertz CT molecular complexity index is 662. The van der Waals surface area contributed by atoms with E-state index in [9.17, 15) is 14.4 Å². The molecule has 0 aromatic heterocycles. The van der Waals surface area contributed by atoms with Gasteiger partial charge < -0.3 is 9.53 Å². The second kappa shape index (κ2) is 4.59. The van der Waals surface area contributed by atoms with Crippen LogP contribution in [0.3, 0.4) is 0 Å². The van der Waals surface area contributed by atoms with Gasteiger partial charge in [-0.2, -0.15) is 0 Å². The number of ketones is 2. The summed E-state index contributed by atoms with van der Waals surface area (Å²) < 4.78 is 5.95. The Morgan fingerprint density at radius 3 is 2.71 bits per heavy atom. The quantitative estimate of drug-likeness (QED) is 0.389. The summed E-state index contributed by atoms with van der Waals surface area (Å²) in [5.41, 5.74) is -1.24. The lowest BCUT2D eigenvalue weighted by molar-refractivity contribution is -0.150. The van der Waals surface area contributed by atoms with E-state index < -0.39 is 11.0 Å². The SMILES string of the molecule is C[C@]12CC[C@H]3[C@@H](CC[C@]45O[C@H]4C(=O)CC[C@]35C=O)[C@@H]1C[C@H](Br)C2=O. The second-order valence-corrected chi connectivity index (χ2v) is 10.1. The number of hydrogen-bond acceptors (Lipinski definition) is 4. The van der Waals surface area contributed by atoms with Gasteiger partial charge in [0.2, 0.25) is 0 Å². The fraction of sp³-hybridized carbons (Fsp3) is 0.842. The van der Waals surface area contributed by atoms with Gasteiger partial charge in [-0.05, 0) is 56.3 Å². The van der Waals surface area contributed by atoms with Crippen LogP contribution in [-0.2, 0) is 19.1 Å². The molecule has 0 bridgehead atoms. The molecule has 4 nitrogen and oxygen atoms in total. The Balaban J connectivity index is 1.55. The summed E-state index contributed by atoms with van der Waals surface area (Å²) in [7, 11) is 0. The molecule has 0 aromatic carbocycles. The number of alkyl halides is 1. The van der Waals surface area contributed by atoms with Crippen LogP contribution in [0, 0.1) is 28.6 Å². The molecular formula is C19H23BrO4. The number of fused-ring (bicyclic) bond motifs is 4. The summed E-state index contributed by atoms with van der Waals surface area (Å²) in [6, 6.07) is 0. The van der Waals surface area contributed by atoms with Crippen molar-refractivity contribution in [3.63, 3.8) is 0 Å². The summed E-state index contributed by atoms with van der Waals surface area (Å²) in [6.45, 7) is 2.14. The Kier molecular flexibility index (Phi) is 3.00. The van der Waals surface area contributed by atoms with E-state index in [0.717, 1.165) is 38.4 Å². The van der Waals surface area contributed by atoms with Crippen LogP contribution in [0.15, 0.2) is 0 Å². The maximum absolute atomic E-state index is 12.7. The molecule has 1 spiro atoms. The maximum atomic E-state index is 12.7. The van der Waals surface area contributed by atoms with E-state index in [2.05, 4.69) is 22.9 Å². The largest absolute Gasteiger partial charge is 0.357 e. The summed E-state index contributed by atoms with van der Waals surface area (Å²) in [6.07, 6.45) is 6.37. The van der Waals surface area contributed by atoms with Crippen molar-refractivity contribution in [3.8, 4) is 0 Å². The van der Waals surface area contributed by atoms with Crippen LogP contribution in [0.4, 0.5) is 0 Å². The molecule has 1 aliphatic heterocycles. The molecule has 8 atom stereocenters. The van der Waals surface area contributed by atoms with Gasteiger partial charge in [-0.3, -0.25) is 9.59 Å². The van der Waals surface area contributed by atoms with Crippen molar-refractivity contribution in [2.24, 2.45) is 28.6 Å². The van der Waals surface area contributed by atoms with E-state index >= 15 is 0 Å². The van der Waals surface area contributed by atoms with Crippen molar-refractivity contribution >= 4 is 33.8 Å². The van der Waals surface area contributed by atoms with Crippen molar-refractivity contribution in [2.75, 3.05) is 0 Å². The minimum Gasteiger partial charge on any atom is -0.357 e. The number of epoxide rings is 1. The first-order chi connectivity index (χ1) is 11.4. The molecule has 4 aliphatic carbocycles. The number of Topliss-reactive ketones (excluding diaryl/α,β-unsaturated/α-hetero) is 2. The fourth-order valence-corrected chi connectivity index (χ4v) is 8.08. The molecule has 1 saturated heterocycles. The number of halogens is 1. The minimum atomic E-state index is -0.505. The molecule has 0 N–H and O–H groups in total. The predicted molar refractivity (Wildman–Crippen MR) is 89.7 cm³/mol. The van der Waals surface area contributed by atoms with Gasteiger partial charge in [0, 0.05) is 11.8 Å². The number of ether oxygens (including phenoxy) is 1. The summed E-state index contributed by atoms with van der Waals surface area (Å²) in [5.74, 6) is 1.57. The molecule has 5 heteroatoms. The van der Waals surface area contributed by atoms with Crippen LogP contribution in [0.25, 0.3) is 0 Å². The van der Waals surface area contributed by atoms with E-state index in [0.29, 0.717) is 30.5 Å². The zero-order chi connectivity index (χ0) is 16.9. The first-order valence-corrected chi connectivity index (χ1v) is 10.2. The third-order valence-corrected chi connectivity index (χ3v) is 9.21. The van der Waals surface area contributed by atoms with Crippen LogP contribution in [0.1, 0.15) is 51.9 Å². The molecule has 5 rings (SSSR count). The molecule has 0 unspecified atom stereocenters. The third kappa shape index (κ3) is 1.53. The van der Waals surface area contributed by atoms with Gasteiger partial charge >= 0.3 is 0 Å². The Labute approximate surface area is 150 Å². The van der Waals surface area contributed by atoms with Crippen LogP contribution in [-0.4, -0.2) is 34.4 Å². The number of aldehydes is 1. The standard InChI is InChI=1S/C19H23BrO4/c1-17-5-3-11-10(12(17)8-13(20)15(17)23)2-7-19-16(24-19)14(22)4-6-18(11,19)9-21/h9-13,16H,2-8H2,1H3/t10-,11+,12+,13+,16+,17+,18+,19+/m1/s1. The topological polar surface area (TPSA) is 63.7 Å². The highest BCUT2D eigenvalue weighted by atomic mass is 79.9. The molecule has 24 heavy (non-hydrogen) atoms. The number of carbonyl (C=O) groups is 3. The zero-order valence-corrected chi connectivity index (χ0v) is 15.5. The third-order valence-electron chi connectivity index (χ3n) is 8.42. The first kappa shape index (κ1) is 15.7. The van der Waals surface area contributed by atoms with Gasteiger partial charge in [0.05, 0.1) is 10.2 Å². The Morgan fingerprint density at radius 1 is 1.17 bits per heavy atom. The smallest absolute Gasteiger partial charge is 0.164 e. The monoisotopic (exact) mass is 394 g/mol. The highest BCUT2D eigenvalue weighted by molar-refractivity contribution is 9.10. The number of rotatable bonds is 1. The second-order valence-electron chi connectivity index (χ2n) is 8.95. The Morgan fingerprint density at radius 2 is 1.96 bits per heavy atom. The van der Waals surface area contributed by atoms with Crippen LogP contribution < -0.4 is 0 Å². The van der Waals surface area contributed by atoms with Gasteiger partial charge in [-0.25, -0.2) is 0 Å². The molecule has 5 fully saturated rings. The average molecular weight is 395 g/mol. The lowest BCUT2D eigenvalue weighted by Gasteiger charge is -2.57. The maximum Gasteiger partial charge on any atom is 0.164 e. The highest BCUT2D eigenvalue weighted by Crippen LogP contribution is 2.71. The van der Waals surface area contributed by atoms with Crippen molar-refractivity contribution < 1.29 is 19.1 Å². The van der Waals surface area contributed by atoms with Gasteiger partial charge in [0.15, 0.2) is 11.6 Å². The number of hydrogen-bond donors (Lipinski definition) is 0. The van der Waals surface area contributed by atoms with Gasteiger partial charge in [-0.1, -0.05) is 22.9 Å². The van der Waals surface area contributed by atoms with Crippen LogP contribution >= 0.6 is 15.9 Å². The van der Waals surface area contributed by atoms with Crippen molar-refractivity contribution in [1.82, 2.24) is 0 Å². The number of carbonyl (C=O) groups excluding carboxylic acids is 3. The zero-order valence-electron chi connectivity index (χ0n) is 13.9. The van der Waals surface area contributed by atoms with E-state index in [4.69, 9.17) is 4.74 Å². The lowest BCUT2D eigenvalue weighted by Crippen LogP contribution is -2.60. The van der Waals surface area contributed by atoms with Gasteiger partial charge in [0.25, 0.3) is 0 Å². The molecular weight excluding hydrogens is 372 g/mol.